The van der Waals surface area contributed by atoms with E-state index in [2.05, 4.69) is 58.7 Å². The van der Waals surface area contributed by atoms with Crippen molar-refractivity contribution in [2.45, 2.75) is 112 Å². The molecule has 0 saturated heterocycles. The van der Waals surface area contributed by atoms with Crippen LogP contribution in [0.4, 0.5) is 0 Å². The first-order chi connectivity index (χ1) is 16.8. The van der Waals surface area contributed by atoms with Crippen molar-refractivity contribution in [2.24, 2.45) is 17.8 Å². The van der Waals surface area contributed by atoms with Gasteiger partial charge in [-0.3, -0.25) is 5.26 Å². The number of hydrogen-bond donors (Lipinski definition) is 4. The topological polar surface area (TPSA) is 90.2 Å². The molecule has 0 rings (SSSR count). The molecule has 0 aliphatic heterocycles. The molecule has 0 heterocycles. The lowest BCUT2D eigenvalue weighted by molar-refractivity contribution is -0.297. The average Bonchev–Trinajstić information content (AvgIpc) is 2.78. The van der Waals surface area contributed by atoms with Crippen LogP contribution in [0.15, 0.2) is 48.1 Å². The Bertz CT molecular complexity index is 588. The number of aliphatic hydroxyl groups excluding tert-OH is 3. The summed E-state index contributed by atoms with van der Waals surface area (Å²) in [6.45, 7) is 24.8. The SMILES string of the molecule is C=C(C)C(=C)CCC(C)CCO.CC(C)=CCCC(C)CCO.CC(C/C=C/C(C)(C)OO)CCO. The zero-order chi connectivity index (χ0) is 28.6. The van der Waals surface area contributed by atoms with Crippen LogP contribution >= 0.6 is 0 Å². The lowest BCUT2D eigenvalue weighted by Gasteiger charge is -2.15. The monoisotopic (exact) mass is 512 g/mol. The van der Waals surface area contributed by atoms with Crippen molar-refractivity contribution in [1.29, 1.82) is 0 Å². The molecular weight excluding hydrogens is 452 g/mol. The van der Waals surface area contributed by atoms with Crippen LogP contribution in [0.25, 0.3) is 0 Å². The van der Waals surface area contributed by atoms with Gasteiger partial charge in [0.05, 0.1) is 0 Å². The minimum absolute atomic E-state index is 0.231. The Kier molecular flexibility index (Phi) is 27.7. The Morgan fingerprint density at radius 2 is 1.28 bits per heavy atom. The fraction of sp³-hybridized carbons (Fsp3) is 0.742. The molecule has 0 spiro atoms. The summed E-state index contributed by atoms with van der Waals surface area (Å²) < 4.78 is 0. The molecule has 0 aromatic rings. The van der Waals surface area contributed by atoms with E-state index in [0.29, 0.717) is 31.0 Å². The van der Waals surface area contributed by atoms with Gasteiger partial charge in [0.1, 0.15) is 5.60 Å². The van der Waals surface area contributed by atoms with Crippen LogP contribution in [0.2, 0.25) is 0 Å². The Balaban J connectivity index is -0.000000455. The lowest BCUT2D eigenvalue weighted by atomic mass is 9.97. The third-order valence-corrected chi connectivity index (χ3v) is 5.91. The molecule has 214 valence electrons. The molecule has 3 unspecified atom stereocenters. The van der Waals surface area contributed by atoms with Crippen molar-refractivity contribution in [2.75, 3.05) is 19.8 Å². The summed E-state index contributed by atoms with van der Waals surface area (Å²) in [5.74, 6) is 1.72. The molecule has 0 aliphatic carbocycles. The first-order valence-electron chi connectivity index (χ1n) is 13.6. The van der Waals surface area contributed by atoms with Gasteiger partial charge in [-0.25, -0.2) is 4.89 Å². The molecule has 3 atom stereocenters. The summed E-state index contributed by atoms with van der Waals surface area (Å²) in [7, 11) is 0. The minimum Gasteiger partial charge on any atom is -0.396 e. The van der Waals surface area contributed by atoms with E-state index >= 15 is 0 Å². The molecule has 0 aromatic carbocycles. The second-order valence-corrected chi connectivity index (χ2v) is 11.0. The summed E-state index contributed by atoms with van der Waals surface area (Å²) in [6, 6.07) is 0. The van der Waals surface area contributed by atoms with E-state index in [1.807, 2.05) is 19.1 Å². The van der Waals surface area contributed by atoms with Crippen LogP contribution in [0, 0.1) is 17.8 Å². The van der Waals surface area contributed by atoms with Gasteiger partial charge in [-0.05, 0) is 104 Å². The zero-order valence-electron chi connectivity index (χ0n) is 24.9. The fourth-order valence-corrected chi connectivity index (χ4v) is 2.97. The van der Waals surface area contributed by atoms with Gasteiger partial charge in [0, 0.05) is 19.8 Å². The Morgan fingerprint density at radius 1 is 0.806 bits per heavy atom. The van der Waals surface area contributed by atoms with Gasteiger partial charge in [-0.2, -0.15) is 0 Å². The molecule has 0 fully saturated rings. The molecule has 0 saturated carbocycles. The Labute approximate surface area is 223 Å². The third kappa shape index (κ3) is 30.8. The number of allylic oxidation sites excluding steroid dienone is 5. The second-order valence-electron chi connectivity index (χ2n) is 11.0. The first-order valence-corrected chi connectivity index (χ1v) is 13.6. The van der Waals surface area contributed by atoms with Gasteiger partial charge in [-0.1, -0.05) is 68.9 Å². The maximum absolute atomic E-state index is 8.67. The zero-order valence-corrected chi connectivity index (χ0v) is 24.9. The van der Waals surface area contributed by atoms with E-state index in [4.69, 9.17) is 20.6 Å². The summed E-state index contributed by atoms with van der Waals surface area (Å²) in [5.41, 5.74) is 2.99. The number of hydrogen-bond acceptors (Lipinski definition) is 5. The highest BCUT2D eigenvalue weighted by molar-refractivity contribution is 5.22. The molecule has 4 N–H and O–H groups in total. The van der Waals surface area contributed by atoms with E-state index in [1.165, 1.54) is 12.0 Å². The summed E-state index contributed by atoms with van der Waals surface area (Å²) in [6.07, 6.45) is 14.1. The molecule has 36 heavy (non-hydrogen) atoms. The van der Waals surface area contributed by atoms with Gasteiger partial charge in [-0.15, -0.1) is 0 Å². The van der Waals surface area contributed by atoms with Gasteiger partial charge < -0.3 is 15.3 Å². The number of aliphatic hydroxyl groups is 3. The van der Waals surface area contributed by atoms with E-state index in [-0.39, 0.29) is 6.61 Å². The standard InChI is InChI=1S/C11H20O.C10H20O3.C10H20O/c1-9(2)11(4)6-5-10(3)7-8-12;1-9(6-8-11)5-4-7-10(2,3)13-12;1-9(2)5-4-6-10(3)7-8-11/h10,12H,1,4-8H2,2-3H3;4,7,9,11-12H,5-6,8H2,1-3H3;5,10-11H,4,6-8H2,1-3H3/b;7-4+;. The van der Waals surface area contributed by atoms with Crippen LogP contribution in [-0.2, 0) is 4.89 Å². The van der Waals surface area contributed by atoms with Gasteiger partial charge >= 0.3 is 0 Å². The van der Waals surface area contributed by atoms with Crippen LogP contribution in [0.3, 0.4) is 0 Å². The van der Waals surface area contributed by atoms with Crippen LogP contribution < -0.4 is 0 Å². The summed E-state index contributed by atoms with van der Waals surface area (Å²) in [5, 5.41) is 34.4. The smallest absolute Gasteiger partial charge is 0.116 e. The van der Waals surface area contributed by atoms with Gasteiger partial charge in [0.2, 0.25) is 0 Å². The summed E-state index contributed by atoms with van der Waals surface area (Å²) in [4.78, 5) is 4.24. The predicted molar refractivity (Wildman–Crippen MR) is 156 cm³/mol. The lowest BCUT2D eigenvalue weighted by Crippen LogP contribution is -2.18. The van der Waals surface area contributed by atoms with Gasteiger partial charge in [0.25, 0.3) is 0 Å². The first kappa shape index (κ1) is 39.3. The van der Waals surface area contributed by atoms with Gasteiger partial charge in [0.15, 0.2) is 0 Å². The normalized spacial score (nSPS) is 13.6. The fourth-order valence-electron chi connectivity index (χ4n) is 2.97. The quantitative estimate of drug-likeness (QED) is 0.0688. The molecular formula is C31H60O5. The van der Waals surface area contributed by atoms with Crippen molar-refractivity contribution in [3.8, 4) is 0 Å². The Morgan fingerprint density at radius 3 is 1.69 bits per heavy atom. The van der Waals surface area contributed by atoms with E-state index in [0.717, 1.165) is 56.1 Å². The summed E-state index contributed by atoms with van der Waals surface area (Å²) >= 11 is 0. The molecule has 0 aliphatic rings. The van der Waals surface area contributed by atoms with Crippen molar-refractivity contribution < 1.29 is 25.5 Å². The van der Waals surface area contributed by atoms with E-state index in [1.54, 1.807) is 13.8 Å². The van der Waals surface area contributed by atoms with Crippen molar-refractivity contribution in [1.82, 2.24) is 0 Å². The molecule has 0 aromatic heterocycles. The van der Waals surface area contributed by atoms with Crippen LogP contribution in [0.5, 0.6) is 0 Å². The van der Waals surface area contributed by atoms with Crippen molar-refractivity contribution in [3.63, 3.8) is 0 Å². The number of rotatable bonds is 17. The third-order valence-electron chi connectivity index (χ3n) is 5.91. The highest BCUT2D eigenvalue weighted by Gasteiger charge is 2.13. The molecule has 0 bridgehead atoms. The van der Waals surface area contributed by atoms with E-state index < -0.39 is 5.60 Å². The molecule has 5 heteroatoms. The highest BCUT2D eigenvalue weighted by Crippen LogP contribution is 2.17. The highest BCUT2D eigenvalue weighted by atomic mass is 17.1. The molecule has 0 radical (unpaired) electrons. The Hall–Kier alpha value is -1.24. The average molecular weight is 513 g/mol. The van der Waals surface area contributed by atoms with Crippen molar-refractivity contribution in [3.05, 3.63) is 48.1 Å². The minimum atomic E-state index is -0.612. The maximum Gasteiger partial charge on any atom is 0.116 e. The maximum atomic E-state index is 8.67. The molecule has 5 nitrogen and oxygen atoms in total. The second kappa shape index (κ2) is 25.4. The molecule has 0 amide bonds. The predicted octanol–water partition coefficient (Wildman–Crippen LogP) is 7.89. The van der Waals surface area contributed by atoms with E-state index in [9.17, 15) is 0 Å². The van der Waals surface area contributed by atoms with Crippen molar-refractivity contribution >= 4 is 0 Å². The van der Waals surface area contributed by atoms with Crippen LogP contribution in [0.1, 0.15) is 107 Å². The van der Waals surface area contributed by atoms with Crippen LogP contribution in [-0.4, -0.2) is 46.0 Å². The largest absolute Gasteiger partial charge is 0.396 e.